The highest BCUT2D eigenvalue weighted by Crippen LogP contribution is 2.46. The average Bonchev–Trinajstić information content (AvgIpc) is 3.07. The molecule has 2 heteroatoms. The summed E-state index contributed by atoms with van der Waals surface area (Å²) in [6.07, 6.45) is 9.10. The minimum Gasteiger partial charge on any atom is -0.485 e. The summed E-state index contributed by atoms with van der Waals surface area (Å²) in [4.78, 5) is 11.8. The molecule has 0 radical (unpaired) electrons. The maximum Gasteiger partial charge on any atom is 0.141 e. The number of Topliss-reactive ketones (excluding diaryl/α,β-unsaturated/α-hetero) is 1. The fourth-order valence-corrected chi connectivity index (χ4v) is 5.89. The van der Waals surface area contributed by atoms with E-state index in [9.17, 15) is 4.79 Å². The van der Waals surface area contributed by atoms with Crippen molar-refractivity contribution in [2.24, 2.45) is 17.8 Å². The van der Waals surface area contributed by atoms with E-state index in [2.05, 4.69) is 49.4 Å². The molecule has 3 aliphatic carbocycles. The molecule has 1 unspecified atom stereocenters. The SMILES string of the molecule is C[C@@H]1CCC[C@H](C2CCc3ccccc3[C@@H]2Oc2ccc3c(c2)CC(=O)C3)C1. The molecule has 3 aliphatic rings. The van der Waals surface area contributed by atoms with Crippen LogP contribution in [-0.2, 0) is 24.1 Å². The Hall–Kier alpha value is -2.09. The molecule has 146 valence electrons. The van der Waals surface area contributed by atoms with Crippen molar-refractivity contribution < 1.29 is 9.53 Å². The fraction of sp³-hybridized carbons (Fsp3) is 0.500. The summed E-state index contributed by atoms with van der Waals surface area (Å²) >= 11 is 0. The lowest BCUT2D eigenvalue weighted by atomic mass is 9.68. The van der Waals surface area contributed by atoms with Crippen molar-refractivity contribution in [3.63, 3.8) is 0 Å². The Morgan fingerprint density at radius 1 is 0.929 bits per heavy atom. The summed E-state index contributed by atoms with van der Waals surface area (Å²) in [5, 5.41) is 0. The predicted molar refractivity (Wildman–Crippen MR) is 112 cm³/mol. The Labute approximate surface area is 168 Å². The molecule has 0 bridgehead atoms. The number of carbonyl (C=O) groups is 1. The largest absolute Gasteiger partial charge is 0.485 e. The Morgan fingerprint density at radius 2 is 1.79 bits per heavy atom. The van der Waals surface area contributed by atoms with E-state index in [-0.39, 0.29) is 6.10 Å². The number of fused-ring (bicyclic) bond motifs is 2. The monoisotopic (exact) mass is 374 g/mol. The van der Waals surface area contributed by atoms with Crippen LogP contribution in [0.25, 0.3) is 0 Å². The first-order valence-electron chi connectivity index (χ1n) is 11.1. The summed E-state index contributed by atoms with van der Waals surface area (Å²) in [6, 6.07) is 15.2. The highest BCUT2D eigenvalue weighted by Gasteiger charge is 2.38. The van der Waals surface area contributed by atoms with Gasteiger partial charge in [-0.1, -0.05) is 56.5 Å². The third-order valence-corrected chi connectivity index (χ3v) is 7.30. The van der Waals surface area contributed by atoms with E-state index in [1.165, 1.54) is 55.2 Å². The number of ketones is 1. The van der Waals surface area contributed by atoms with Crippen LogP contribution in [-0.4, -0.2) is 5.78 Å². The molecular formula is C26H30O2. The molecule has 1 saturated carbocycles. The first kappa shape index (κ1) is 18.0. The number of ether oxygens (including phenoxy) is 1. The number of hydrogen-bond acceptors (Lipinski definition) is 2. The Kier molecular flexibility index (Phi) is 4.74. The Morgan fingerprint density at radius 3 is 2.68 bits per heavy atom. The van der Waals surface area contributed by atoms with Gasteiger partial charge in [0.25, 0.3) is 0 Å². The van der Waals surface area contributed by atoms with Crippen LogP contribution in [0, 0.1) is 17.8 Å². The van der Waals surface area contributed by atoms with Gasteiger partial charge in [0.15, 0.2) is 0 Å². The standard InChI is InChI=1S/C26H30O2/c1-17-5-4-7-20(13-17)25-12-10-18-6-2-3-8-24(18)26(25)28-23-11-9-19-14-22(27)15-21(19)16-23/h2-3,6,8-9,11,16-17,20,25-26H,4-5,7,10,12-15H2,1H3/t17-,20+,25?,26+/m1/s1. The van der Waals surface area contributed by atoms with E-state index in [0.29, 0.717) is 24.5 Å². The second kappa shape index (κ2) is 7.39. The minimum atomic E-state index is 0.135. The lowest BCUT2D eigenvalue weighted by molar-refractivity contribution is -0.117. The van der Waals surface area contributed by atoms with Crippen LogP contribution in [0.4, 0.5) is 0 Å². The van der Waals surface area contributed by atoms with Gasteiger partial charge in [-0.25, -0.2) is 0 Å². The highest BCUT2D eigenvalue weighted by atomic mass is 16.5. The van der Waals surface area contributed by atoms with Crippen molar-refractivity contribution in [2.75, 3.05) is 0 Å². The summed E-state index contributed by atoms with van der Waals surface area (Å²) < 4.78 is 6.73. The Bertz CT molecular complexity index is 884. The third kappa shape index (κ3) is 3.38. The number of aryl methyl sites for hydroxylation is 1. The van der Waals surface area contributed by atoms with Crippen LogP contribution < -0.4 is 4.74 Å². The van der Waals surface area contributed by atoms with E-state index in [1.807, 2.05) is 0 Å². The molecule has 0 N–H and O–H groups in total. The topological polar surface area (TPSA) is 26.3 Å². The number of hydrogen-bond donors (Lipinski definition) is 0. The van der Waals surface area contributed by atoms with Gasteiger partial charge >= 0.3 is 0 Å². The molecule has 2 aromatic rings. The van der Waals surface area contributed by atoms with E-state index >= 15 is 0 Å². The average molecular weight is 375 g/mol. The molecular weight excluding hydrogens is 344 g/mol. The zero-order valence-electron chi connectivity index (χ0n) is 16.8. The zero-order chi connectivity index (χ0) is 19.1. The molecule has 0 spiro atoms. The van der Waals surface area contributed by atoms with Crippen LogP contribution >= 0.6 is 0 Å². The van der Waals surface area contributed by atoms with Gasteiger partial charge in [-0.15, -0.1) is 0 Å². The lowest BCUT2D eigenvalue weighted by Gasteiger charge is -2.41. The van der Waals surface area contributed by atoms with Gasteiger partial charge in [0.05, 0.1) is 0 Å². The fourth-order valence-electron chi connectivity index (χ4n) is 5.89. The highest BCUT2D eigenvalue weighted by molar-refractivity contribution is 5.88. The minimum absolute atomic E-state index is 0.135. The van der Waals surface area contributed by atoms with E-state index in [1.54, 1.807) is 0 Å². The second-order valence-electron chi connectivity index (χ2n) is 9.29. The third-order valence-electron chi connectivity index (χ3n) is 7.30. The summed E-state index contributed by atoms with van der Waals surface area (Å²) in [6.45, 7) is 2.41. The van der Waals surface area contributed by atoms with Gasteiger partial charge in [-0.2, -0.15) is 0 Å². The van der Waals surface area contributed by atoms with Crippen LogP contribution in [0.15, 0.2) is 42.5 Å². The molecule has 0 heterocycles. The van der Waals surface area contributed by atoms with Crippen LogP contribution in [0.1, 0.15) is 67.4 Å². The van der Waals surface area contributed by atoms with Gasteiger partial charge < -0.3 is 4.74 Å². The zero-order valence-corrected chi connectivity index (χ0v) is 16.8. The van der Waals surface area contributed by atoms with Crippen molar-refractivity contribution in [3.05, 3.63) is 64.7 Å². The maximum absolute atomic E-state index is 11.8. The first-order valence-corrected chi connectivity index (χ1v) is 11.1. The molecule has 1 fully saturated rings. The molecule has 0 aliphatic heterocycles. The van der Waals surface area contributed by atoms with Gasteiger partial charge in [-0.3, -0.25) is 4.79 Å². The normalized spacial score (nSPS) is 29.2. The van der Waals surface area contributed by atoms with Gasteiger partial charge in [-0.05, 0) is 65.5 Å². The van der Waals surface area contributed by atoms with Crippen molar-refractivity contribution >= 4 is 5.78 Å². The second-order valence-corrected chi connectivity index (χ2v) is 9.29. The van der Waals surface area contributed by atoms with Crippen LogP contribution in [0.5, 0.6) is 5.75 Å². The quantitative estimate of drug-likeness (QED) is 0.672. The Balaban J connectivity index is 1.46. The lowest BCUT2D eigenvalue weighted by Crippen LogP contribution is -2.33. The molecule has 4 atom stereocenters. The summed E-state index contributed by atoms with van der Waals surface area (Å²) in [5.41, 5.74) is 5.17. The van der Waals surface area contributed by atoms with Crippen LogP contribution in [0.2, 0.25) is 0 Å². The van der Waals surface area contributed by atoms with Crippen molar-refractivity contribution in [2.45, 2.75) is 64.4 Å². The van der Waals surface area contributed by atoms with E-state index in [0.717, 1.165) is 23.1 Å². The van der Waals surface area contributed by atoms with Gasteiger partial charge in [0.2, 0.25) is 0 Å². The predicted octanol–water partition coefficient (Wildman–Crippen LogP) is 5.86. The molecule has 28 heavy (non-hydrogen) atoms. The molecule has 0 saturated heterocycles. The van der Waals surface area contributed by atoms with E-state index < -0.39 is 0 Å². The summed E-state index contributed by atoms with van der Waals surface area (Å²) in [5.74, 6) is 3.45. The molecule has 2 nitrogen and oxygen atoms in total. The molecule has 0 amide bonds. The van der Waals surface area contributed by atoms with Gasteiger partial charge in [0, 0.05) is 18.8 Å². The molecule has 2 aromatic carbocycles. The first-order chi connectivity index (χ1) is 13.7. The maximum atomic E-state index is 11.8. The van der Waals surface area contributed by atoms with Crippen molar-refractivity contribution in [3.8, 4) is 5.75 Å². The number of benzene rings is 2. The number of rotatable bonds is 3. The van der Waals surface area contributed by atoms with Crippen molar-refractivity contribution in [1.29, 1.82) is 0 Å². The smallest absolute Gasteiger partial charge is 0.141 e. The summed E-state index contributed by atoms with van der Waals surface area (Å²) in [7, 11) is 0. The van der Waals surface area contributed by atoms with Crippen LogP contribution in [0.3, 0.4) is 0 Å². The van der Waals surface area contributed by atoms with Crippen molar-refractivity contribution in [1.82, 2.24) is 0 Å². The number of carbonyl (C=O) groups excluding carboxylic acids is 1. The molecule has 0 aromatic heterocycles. The van der Waals surface area contributed by atoms with Gasteiger partial charge in [0.1, 0.15) is 17.6 Å². The van der Waals surface area contributed by atoms with E-state index in [4.69, 9.17) is 4.74 Å². The molecule has 5 rings (SSSR count).